The first-order chi connectivity index (χ1) is 20.0. The van der Waals surface area contributed by atoms with Crippen molar-refractivity contribution >= 4 is 13.6 Å². The van der Waals surface area contributed by atoms with Crippen molar-refractivity contribution in [1.82, 2.24) is 0 Å². The van der Waals surface area contributed by atoms with E-state index in [1.165, 1.54) is 37.7 Å². The second-order valence-electron chi connectivity index (χ2n) is 12.0. The average molecular weight is 610 g/mol. The molecule has 0 saturated heterocycles. The number of ketones is 1. The number of aryl methyl sites for hydroxylation is 1. The van der Waals surface area contributed by atoms with E-state index in [9.17, 15) is 19.4 Å². The number of hydrogen-bond donors (Lipinski definition) is 3. The summed E-state index contributed by atoms with van der Waals surface area (Å²) in [5.41, 5.74) is 8.63. The number of likely N-dealkylation sites (N-methyl/N-ethyl adjacent to an activating group) is 1. The van der Waals surface area contributed by atoms with Gasteiger partial charge < -0.3 is 20.2 Å². The van der Waals surface area contributed by atoms with Crippen LogP contribution in [0.3, 0.4) is 0 Å². The van der Waals surface area contributed by atoms with E-state index in [4.69, 9.17) is 14.8 Å². The molecule has 8 nitrogen and oxygen atoms in total. The zero-order chi connectivity index (χ0) is 30.8. The predicted molar refractivity (Wildman–Crippen MR) is 169 cm³/mol. The molecule has 3 atom stereocenters. The molecule has 0 bridgehead atoms. The Morgan fingerprint density at radius 1 is 0.881 bits per heavy atom. The fraction of sp³-hybridized carbons (Fsp3) is 0.545. The Balaban J connectivity index is 1.46. The minimum atomic E-state index is -4.19. The highest BCUT2D eigenvalue weighted by molar-refractivity contribution is 7.47. The van der Waals surface area contributed by atoms with Gasteiger partial charge in [-0.3, -0.25) is 13.8 Å². The first-order valence-corrected chi connectivity index (χ1v) is 16.7. The number of hydrogen-bond acceptors (Lipinski definition) is 6. The van der Waals surface area contributed by atoms with Crippen molar-refractivity contribution in [3.63, 3.8) is 0 Å². The minimum Gasteiger partial charge on any atom is -0.387 e. The Bertz CT molecular complexity index is 1100. The Hall–Kier alpha value is -2.16. The van der Waals surface area contributed by atoms with Crippen LogP contribution in [0.4, 0.5) is 0 Å². The van der Waals surface area contributed by atoms with Crippen molar-refractivity contribution in [2.45, 2.75) is 76.4 Å². The summed E-state index contributed by atoms with van der Waals surface area (Å²) in [6, 6.07) is 16.6. The molecule has 0 amide bonds. The van der Waals surface area contributed by atoms with Crippen LogP contribution in [-0.4, -0.2) is 73.3 Å². The maximum absolute atomic E-state index is 12.5. The van der Waals surface area contributed by atoms with Crippen LogP contribution in [0.5, 0.6) is 0 Å². The third kappa shape index (κ3) is 15.9. The van der Waals surface area contributed by atoms with Crippen molar-refractivity contribution in [3.05, 3.63) is 83.4 Å². The number of carbonyl (C=O) groups is 1. The molecule has 42 heavy (non-hydrogen) atoms. The van der Waals surface area contributed by atoms with Crippen molar-refractivity contribution in [1.29, 1.82) is 0 Å². The first-order valence-electron chi connectivity index (χ1n) is 15.2. The molecule has 2 rings (SSSR count). The molecule has 0 aliphatic carbocycles. The highest BCUT2D eigenvalue weighted by Gasteiger charge is 2.25. The monoisotopic (exact) mass is 609 g/mol. The molecule has 234 valence electrons. The van der Waals surface area contributed by atoms with Gasteiger partial charge in [0.1, 0.15) is 13.2 Å². The van der Waals surface area contributed by atoms with E-state index < -0.39 is 20.0 Å². The topological polar surface area (TPSA) is 119 Å². The summed E-state index contributed by atoms with van der Waals surface area (Å²) in [5, 5.41) is 10.2. The molecular weight excluding hydrogens is 557 g/mol. The number of allylic oxidation sites excluding steroid dienone is 1. The summed E-state index contributed by atoms with van der Waals surface area (Å²) in [7, 11) is 1.67. The van der Waals surface area contributed by atoms with Gasteiger partial charge in [-0.05, 0) is 31.2 Å². The summed E-state index contributed by atoms with van der Waals surface area (Å²) in [4.78, 5) is 22.3. The van der Waals surface area contributed by atoms with E-state index >= 15 is 0 Å². The highest BCUT2D eigenvalue weighted by Crippen LogP contribution is 2.43. The van der Waals surface area contributed by atoms with Gasteiger partial charge in [0.2, 0.25) is 0 Å². The van der Waals surface area contributed by atoms with Gasteiger partial charge in [0.15, 0.2) is 5.78 Å². The van der Waals surface area contributed by atoms with Crippen molar-refractivity contribution in [2.24, 2.45) is 5.73 Å². The van der Waals surface area contributed by atoms with Gasteiger partial charge in [-0.15, -0.1) is 0 Å². The van der Waals surface area contributed by atoms with Crippen LogP contribution in [0.1, 0.15) is 79.3 Å². The van der Waals surface area contributed by atoms with E-state index in [1.807, 2.05) is 69.7 Å². The number of benzene rings is 2. The Morgan fingerprint density at radius 3 is 2.07 bits per heavy atom. The minimum absolute atomic E-state index is 0.0654. The number of phosphoric ester groups is 1. The van der Waals surface area contributed by atoms with Crippen LogP contribution in [0, 0.1) is 0 Å². The second kappa shape index (κ2) is 19.2. The van der Waals surface area contributed by atoms with Crippen LogP contribution in [0.2, 0.25) is 0 Å². The summed E-state index contributed by atoms with van der Waals surface area (Å²) >= 11 is 0. The highest BCUT2D eigenvalue weighted by atomic mass is 31.2. The van der Waals surface area contributed by atoms with Gasteiger partial charge in [0, 0.05) is 11.1 Å². The number of carbonyl (C=O) groups excluding carboxylic acids is 1. The quantitative estimate of drug-likeness (QED) is 0.0489. The molecule has 0 fully saturated rings. The van der Waals surface area contributed by atoms with Gasteiger partial charge in [0.05, 0.1) is 39.9 Å². The van der Waals surface area contributed by atoms with Crippen LogP contribution in [0.25, 0.3) is 0 Å². The van der Waals surface area contributed by atoms with Crippen LogP contribution >= 0.6 is 7.82 Å². The summed E-state index contributed by atoms with van der Waals surface area (Å²) in [5.74, 6) is 0.0654. The van der Waals surface area contributed by atoms with Crippen LogP contribution in [0.15, 0.2) is 66.7 Å². The summed E-state index contributed by atoms with van der Waals surface area (Å²) in [6.45, 7) is 0.374. The number of nitrogens with zero attached hydrogens (tertiary/aromatic N) is 1. The lowest BCUT2D eigenvalue weighted by Crippen LogP contribution is -2.38. The van der Waals surface area contributed by atoms with Gasteiger partial charge >= 0.3 is 7.82 Å². The molecule has 0 saturated carbocycles. The van der Waals surface area contributed by atoms with E-state index in [0.717, 1.165) is 43.2 Å². The standard InChI is InChI=1S/C33H51N2O6P/c1-35(2,3)25-26-40-42(38,39)41-27-31(34)32(36)20-16-11-9-7-5-4-6-8-10-13-17-28-21-23-30(24-22-28)33(37)29-18-14-12-15-19-29/h12,14-16,18-24,31-32,36H,4-11,13,17,25-27,34H2,1-3H3/p+1/b20-16+/t31-,32+/m0/s1/i1+2,2+2,3+2. The molecule has 0 aliphatic heterocycles. The smallest absolute Gasteiger partial charge is 0.387 e. The van der Waals surface area contributed by atoms with Gasteiger partial charge in [-0.25, -0.2) is 4.57 Å². The van der Waals surface area contributed by atoms with Gasteiger partial charge in [0.25, 0.3) is 0 Å². The number of quaternary nitrogens is 1. The van der Waals surface area contributed by atoms with Gasteiger partial charge in [-0.2, -0.15) is 0 Å². The lowest BCUT2D eigenvalue weighted by Gasteiger charge is -2.24. The van der Waals surface area contributed by atoms with Crippen LogP contribution < -0.4 is 5.73 Å². The molecular formula is C33H52N2O6P+. The number of aliphatic hydroxyl groups is 1. The molecule has 4 N–H and O–H groups in total. The Kier molecular flexibility index (Phi) is 16.5. The Morgan fingerprint density at radius 2 is 1.45 bits per heavy atom. The molecule has 0 aliphatic rings. The molecule has 0 aromatic heterocycles. The zero-order valence-electron chi connectivity index (χ0n) is 25.7. The third-order valence-corrected chi connectivity index (χ3v) is 8.04. The number of unbranched alkanes of at least 4 members (excludes halogenated alkanes) is 8. The van der Waals surface area contributed by atoms with Crippen LogP contribution in [-0.2, 0) is 20.0 Å². The molecule has 2 aromatic carbocycles. The van der Waals surface area contributed by atoms with E-state index in [1.54, 1.807) is 6.08 Å². The number of rotatable bonds is 22. The fourth-order valence-corrected chi connectivity index (χ4v) is 5.10. The lowest BCUT2D eigenvalue weighted by atomic mass is 9.99. The number of aliphatic hydroxyl groups excluding tert-OH is 1. The molecule has 0 radical (unpaired) electrons. The normalized spacial score (nSPS) is 15.0. The first kappa shape index (κ1) is 36.0. The van der Waals surface area contributed by atoms with E-state index in [-0.39, 0.29) is 19.0 Å². The fourth-order valence-electron chi connectivity index (χ4n) is 4.36. The molecule has 0 spiro atoms. The second-order valence-corrected chi connectivity index (χ2v) is 13.4. The zero-order valence-corrected chi connectivity index (χ0v) is 26.6. The Labute approximate surface area is 252 Å². The maximum atomic E-state index is 12.5. The van der Waals surface area contributed by atoms with Crippen molar-refractivity contribution in [2.75, 3.05) is 40.9 Å². The summed E-state index contributed by atoms with van der Waals surface area (Å²) in [6.07, 6.45) is 13.9. The maximum Gasteiger partial charge on any atom is 0.472 e. The molecule has 0 heterocycles. The third-order valence-electron chi connectivity index (χ3n) is 7.06. The van der Waals surface area contributed by atoms with Crippen molar-refractivity contribution < 1.29 is 32.9 Å². The molecule has 9 heteroatoms. The molecule has 2 aromatic rings. The van der Waals surface area contributed by atoms with E-state index in [0.29, 0.717) is 11.0 Å². The number of phosphoric acid groups is 1. The molecule has 1 unspecified atom stereocenters. The average Bonchev–Trinajstić information content (AvgIpc) is 2.96. The largest absolute Gasteiger partial charge is 0.472 e. The van der Waals surface area contributed by atoms with E-state index in [2.05, 4.69) is 12.1 Å². The SMILES string of the molecule is [14CH3][N+]([14CH3])([14CH3])CCOP(=O)(O)OC[C@H](N)[C@H](O)/C=C/CCCCCCCCCCc1ccc(C(=O)c2ccccc2)cc1. The lowest BCUT2D eigenvalue weighted by molar-refractivity contribution is -0.870. The predicted octanol–water partition coefficient (Wildman–Crippen LogP) is 6.06. The van der Waals surface area contributed by atoms with Gasteiger partial charge in [-0.1, -0.05) is 105 Å². The summed E-state index contributed by atoms with van der Waals surface area (Å²) < 4.78 is 22.4. The number of nitrogens with two attached hydrogens (primary N) is 1. The van der Waals surface area contributed by atoms with Crippen molar-refractivity contribution in [3.8, 4) is 0 Å².